The molecule has 0 aliphatic heterocycles. The van der Waals surface area contributed by atoms with Crippen molar-refractivity contribution in [2.75, 3.05) is 0 Å². The van der Waals surface area contributed by atoms with E-state index in [1.165, 1.54) is 15.7 Å². The molecular formula is C14H13FN2OS. The highest BCUT2D eigenvalue weighted by Gasteiger charge is 2.14. The number of benzene rings is 1. The molecule has 0 radical (unpaired) electrons. The van der Waals surface area contributed by atoms with Crippen LogP contribution in [0.15, 0.2) is 46.7 Å². The second kappa shape index (κ2) is 5.75. The normalized spacial score (nSPS) is 10.1. The minimum absolute atomic E-state index is 0.0153. The Hall–Kier alpha value is -2.01. The van der Waals surface area contributed by atoms with Gasteiger partial charge in [-0.1, -0.05) is 44.2 Å². The number of halogens is 1. The van der Waals surface area contributed by atoms with Crippen LogP contribution < -0.4 is 5.56 Å². The zero-order valence-corrected chi connectivity index (χ0v) is 11.4. The second-order valence-electron chi connectivity index (χ2n) is 3.50. The molecule has 3 aromatic rings. The van der Waals surface area contributed by atoms with E-state index in [2.05, 4.69) is 4.98 Å². The Morgan fingerprint density at radius 2 is 1.89 bits per heavy atom. The Balaban J connectivity index is 0.000000637. The Morgan fingerprint density at radius 3 is 2.58 bits per heavy atom. The monoisotopic (exact) mass is 276 g/mol. The van der Waals surface area contributed by atoms with Crippen molar-refractivity contribution >= 4 is 16.3 Å². The summed E-state index contributed by atoms with van der Waals surface area (Å²) < 4.78 is 15.2. The minimum Gasteiger partial charge on any atom is -0.268 e. The van der Waals surface area contributed by atoms with Crippen molar-refractivity contribution in [1.82, 2.24) is 9.38 Å². The molecule has 0 amide bonds. The van der Waals surface area contributed by atoms with Gasteiger partial charge < -0.3 is 0 Å². The Kier molecular flexibility index (Phi) is 4.06. The van der Waals surface area contributed by atoms with E-state index in [0.29, 0.717) is 10.5 Å². The summed E-state index contributed by atoms with van der Waals surface area (Å²) in [5.41, 5.74) is 0.185. The van der Waals surface area contributed by atoms with E-state index in [0.717, 1.165) is 0 Å². The van der Waals surface area contributed by atoms with Gasteiger partial charge in [-0.3, -0.25) is 9.20 Å². The van der Waals surface area contributed by atoms with Crippen molar-refractivity contribution in [2.45, 2.75) is 13.8 Å². The summed E-state index contributed by atoms with van der Waals surface area (Å²) in [4.78, 5) is 16.3. The van der Waals surface area contributed by atoms with E-state index in [9.17, 15) is 9.18 Å². The van der Waals surface area contributed by atoms with Gasteiger partial charge in [-0.05, 0) is 5.56 Å². The van der Waals surface area contributed by atoms with Crippen molar-refractivity contribution in [3.8, 4) is 11.1 Å². The summed E-state index contributed by atoms with van der Waals surface area (Å²) >= 11 is 1.23. The average molecular weight is 276 g/mol. The van der Waals surface area contributed by atoms with Gasteiger partial charge in [0.25, 0.3) is 5.56 Å². The molecule has 0 unspecified atom stereocenters. The number of fused-ring (bicyclic) bond motifs is 1. The first-order valence-electron chi connectivity index (χ1n) is 5.98. The maximum absolute atomic E-state index is 13.8. The third-order valence-corrected chi connectivity index (χ3v) is 3.24. The fourth-order valence-corrected chi connectivity index (χ4v) is 2.40. The Morgan fingerprint density at radius 1 is 1.21 bits per heavy atom. The zero-order valence-electron chi connectivity index (χ0n) is 10.6. The van der Waals surface area contributed by atoms with Gasteiger partial charge >= 0.3 is 0 Å². The molecule has 98 valence electrons. The number of nitrogens with zero attached hydrogens (tertiary/aromatic N) is 2. The van der Waals surface area contributed by atoms with Crippen molar-refractivity contribution < 1.29 is 4.39 Å². The third kappa shape index (κ3) is 2.42. The van der Waals surface area contributed by atoms with Crippen molar-refractivity contribution in [1.29, 1.82) is 0 Å². The maximum atomic E-state index is 13.8. The third-order valence-electron chi connectivity index (χ3n) is 2.48. The zero-order chi connectivity index (χ0) is 13.8. The van der Waals surface area contributed by atoms with Crippen LogP contribution in [0.1, 0.15) is 13.8 Å². The highest BCUT2D eigenvalue weighted by atomic mass is 32.1. The van der Waals surface area contributed by atoms with E-state index in [1.807, 2.05) is 19.9 Å². The van der Waals surface area contributed by atoms with Gasteiger partial charge in [0.15, 0.2) is 4.96 Å². The van der Waals surface area contributed by atoms with Gasteiger partial charge in [-0.25, -0.2) is 0 Å². The lowest BCUT2D eigenvalue weighted by Crippen LogP contribution is -2.17. The second-order valence-corrected chi connectivity index (χ2v) is 4.38. The summed E-state index contributed by atoms with van der Waals surface area (Å²) in [6, 6.07) is 8.73. The first-order chi connectivity index (χ1) is 9.27. The molecule has 0 bridgehead atoms. The van der Waals surface area contributed by atoms with Crippen LogP contribution >= 0.6 is 11.3 Å². The van der Waals surface area contributed by atoms with E-state index in [1.54, 1.807) is 35.8 Å². The van der Waals surface area contributed by atoms with Gasteiger partial charge in [-0.15, -0.1) is 11.3 Å². The lowest BCUT2D eigenvalue weighted by Gasteiger charge is -2.02. The van der Waals surface area contributed by atoms with Gasteiger partial charge in [0.1, 0.15) is 5.56 Å². The summed E-state index contributed by atoms with van der Waals surface area (Å²) in [6.45, 7) is 4.00. The largest absolute Gasteiger partial charge is 0.269 e. The van der Waals surface area contributed by atoms with Crippen LogP contribution in [0.5, 0.6) is 0 Å². The molecule has 1 aromatic carbocycles. The molecule has 3 nitrogen and oxygen atoms in total. The SMILES string of the molecule is CC.O=c1c(-c2ccccc2)c(F)nc2sccn12. The predicted octanol–water partition coefficient (Wildman–Crippen LogP) is 3.59. The van der Waals surface area contributed by atoms with Crippen LogP contribution in [-0.4, -0.2) is 9.38 Å². The summed E-state index contributed by atoms with van der Waals surface area (Å²) in [5.74, 6) is -0.719. The molecule has 5 heteroatoms. The first-order valence-corrected chi connectivity index (χ1v) is 6.86. The first kappa shape index (κ1) is 13.4. The molecule has 0 atom stereocenters. The molecule has 2 heterocycles. The molecule has 0 aliphatic carbocycles. The van der Waals surface area contributed by atoms with Crippen LogP contribution in [0.3, 0.4) is 0 Å². The molecule has 0 N–H and O–H groups in total. The molecular weight excluding hydrogens is 263 g/mol. The van der Waals surface area contributed by atoms with Crippen LogP contribution in [-0.2, 0) is 0 Å². The van der Waals surface area contributed by atoms with Gasteiger partial charge in [-0.2, -0.15) is 9.37 Å². The molecule has 3 rings (SSSR count). The van der Waals surface area contributed by atoms with Crippen LogP contribution in [0.25, 0.3) is 16.1 Å². The topological polar surface area (TPSA) is 34.4 Å². The van der Waals surface area contributed by atoms with Gasteiger partial charge in [0, 0.05) is 11.6 Å². The fraction of sp³-hybridized carbons (Fsp3) is 0.143. The predicted molar refractivity (Wildman–Crippen MR) is 76.1 cm³/mol. The standard InChI is InChI=1S/C12H7FN2OS.C2H6/c13-10-9(8-4-2-1-3-5-8)11(16)15-6-7-17-12(15)14-10;1-2/h1-7H;1-2H3. The molecule has 2 aromatic heterocycles. The van der Waals surface area contributed by atoms with Crippen molar-refractivity contribution in [3.05, 3.63) is 58.2 Å². The number of hydrogen-bond donors (Lipinski definition) is 0. The molecule has 0 spiro atoms. The van der Waals surface area contributed by atoms with Gasteiger partial charge in [0.2, 0.25) is 5.95 Å². The van der Waals surface area contributed by atoms with E-state index < -0.39 is 5.95 Å². The summed E-state index contributed by atoms with van der Waals surface area (Å²) in [5, 5.41) is 1.71. The van der Waals surface area contributed by atoms with Crippen LogP contribution in [0.4, 0.5) is 4.39 Å². The fourth-order valence-electron chi connectivity index (χ4n) is 1.70. The number of aromatic nitrogens is 2. The van der Waals surface area contributed by atoms with Crippen LogP contribution in [0, 0.1) is 5.95 Å². The Labute approximate surface area is 114 Å². The average Bonchev–Trinajstić information content (AvgIpc) is 2.91. The molecule has 0 fully saturated rings. The molecule has 19 heavy (non-hydrogen) atoms. The summed E-state index contributed by atoms with van der Waals surface area (Å²) in [7, 11) is 0. The van der Waals surface area contributed by atoms with E-state index in [-0.39, 0.29) is 11.1 Å². The lowest BCUT2D eigenvalue weighted by atomic mass is 10.1. The van der Waals surface area contributed by atoms with E-state index in [4.69, 9.17) is 0 Å². The van der Waals surface area contributed by atoms with Crippen molar-refractivity contribution in [3.63, 3.8) is 0 Å². The number of thiazole rings is 1. The highest BCUT2D eigenvalue weighted by molar-refractivity contribution is 7.15. The number of rotatable bonds is 1. The highest BCUT2D eigenvalue weighted by Crippen LogP contribution is 2.19. The lowest BCUT2D eigenvalue weighted by molar-refractivity contribution is 0.586. The molecule has 0 aliphatic rings. The molecule has 0 saturated heterocycles. The van der Waals surface area contributed by atoms with Crippen molar-refractivity contribution in [2.24, 2.45) is 0 Å². The number of hydrogen-bond acceptors (Lipinski definition) is 3. The van der Waals surface area contributed by atoms with Gasteiger partial charge in [0.05, 0.1) is 0 Å². The minimum atomic E-state index is -0.719. The maximum Gasteiger partial charge on any atom is 0.269 e. The Bertz CT molecular complexity index is 734. The van der Waals surface area contributed by atoms with Crippen LogP contribution in [0.2, 0.25) is 0 Å². The smallest absolute Gasteiger partial charge is 0.268 e. The summed E-state index contributed by atoms with van der Waals surface area (Å²) in [6.07, 6.45) is 1.60. The molecule has 0 saturated carbocycles. The quantitative estimate of drug-likeness (QED) is 0.637. The van der Waals surface area contributed by atoms with E-state index >= 15 is 0 Å².